The molecule has 7 nitrogen and oxygen atoms in total. The molecule has 1 fully saturated rings. The van der Waals surface area contributed by atoms with Gasteiger partial charge in [0.05, 0.1) is 14.2 Å². The predicted octanol–water partition coefficient (Wildman–Crippen LogP) is 1.72. The predicted molar refractivity (Wildman–Crippen MR) is 104 cm³/mol. The van der Waals surface area contributed by atoms with Crippen molar-refractivity contribution in [2.45, 2.75) is 20.3 Å². The Morgan fingerprint density at radius 2 is 1.48 bits per heavy atom. The average molecular weight is 377 g/mol. The number of ether oxygens (including phenoxy) is 2. The summed E-state index contributed by atoms with van der Waals surface area (Å²) >= 11 is 0. The minimum atomic E-state index is -0.125. The lowest BCUT2D eigenvalue weighted by atomic mass is 10.1. The van der Waals surface area contributed by atoms with Crippen LogP contribution in [0.4, 0.5) is 0 Å². The van der Waals surface area contributed by atoms with Crippen molar-refractivity contribution in [2.24, 2.45) is 0 Å². The molecule has 0 aliphatic carbocycles. The van der Waals surface area contributed by atoms with E-state index in [0.29, 0.717) is 49.7 Å². The number of hydrogen-bond donors (Lipinski definition) is 0. The summed E-state index contributed by atoms with van der Waals surface area (Å²) in [4.78, 5) is 31.3. The number of carbonyl (C=O) groups excluding carboxylic acids is 2. The Hall–Kier alpha value is -2.28. The second-order valence-corrected chi connectivity index (χ2v) is 6.49. The molecule has 0 spiro atoms. The van der Waals surface area contributed by atoms with E-state index in [-0.39, 0.29) is 11.8 Å². The maximum atomic E-state index is 13.0. The van der Waals surface area contributed by atoms with Crippen LogP contribution in [0.1, 0.15) is 30.6 Å². The number of amides is 2. The van der Waals surface area contributed by atoms with Crippen molar-refractivity contribution in [3.05, 3.63) is 23.8 Å². The van der Waals surface area contributed by atoms with Crippen LogP contribution in [0.15, 0.2) is 18.2 Å². The highest BCUT2D eigenvalue weighted by Crippen LogP contribution is 2.29. The van der Waals surface area contributed by atoms with Crippen LogP contribution in [-0.2, 0) is 4.79 Å². The van der Waals surface area contributed by atoms with Gasteiger partial charge in [0.2, 0.25) is 5.91 Å². The molecule has 1 aliphatic rings. The molecule has 0 saturated carbocycles. The van der Waals surface area contributed by atoms with E-state index in [2.05, 4.69) is 18.7 Å². The lowest BCUT2D eigenvalue weighted by molar-refractivity contribution is -0.133. The normalized spacial score (nSPS) is 14.4. The van der Waals surface area contributed by atoms with Gasteiger partial charge in [0, 0.05) is 39.1 Å². The number of methoxy groups -OCH3 is 2. The third-order valence-electron chi connectivity index (χ3n) is 5.10. The van der Waals surface area contributed by atoms with Gasteiger partial charge in [0.1, 0.15) is 17.1 Å². The summed E-state index contributed by atoms with van der Waals surface area (Å²) in [5, 5.41) is 0. The number of nitrogens with zero attached hydrogens (tertiary/aromatic N) is 3. The zero-order chi connectivity index (χ0) is 19.8. The number of hydrogen-bond acceptors (Lipinski definition) is 5. The van der Waals surface area contributed by atoms with Crippen LogP contribution in [0.2, 0.25) is 0 Å². The fraction of sp³-hybridized carbons (Fsp3) is 0.600. The maximum Gasteiger partial charge on any atom is 0.261 e. The second-order valence-electron chi connectivity index (χ2n) is 6.49. The molecule has 2 amide bonds. The third kappa shape index (κ3) is 5.13. The van der Waals surface area contributed by atoms with E-state index >= 15 is 0 Å². The Balaban J connectivity index is 1.96. The molecule has 1 aliphatic heterocycles. The average Bonchev–Trinajstić information content (AvgIpc) is 2.73. The number of carbonyl (C=O) groups is 2. The fourth-order valence-electron chi connectivity index (χ4n) is 3.33. The molecule has 0 N–H and O–H groups in total. The molecule has 0 bridgehead atoms. The molecule has 7 heteroatoms. The highest BCUT2D eigenvalue weighted by Gasteiger charge is 2.28. The summed E-state index contributed by atoms with van der Waals surface area (Å²) in [7, 11) is 3.08. The summed E-state index contributed by atoms with van der Waals surface area (Å²) < 4.78 is 10.7. The van der Waals surface area contributed by atoms with Crippen LogP contribution in [0.25, 0.3) is 0 Å². The Morgan fingerprint density at radius 1 is 0.963 bits per heavy atom. The molecule has 1 aromatic rings. The monoisotopic (exact) mass is 377 g/mol. The molecule has 1 saturated heterocycles. The maximum absolute atomic E-state index is 13.0. The molecular weight excluding hydrogens is 346 g/mol. The van der Waals surface area contributed by atoms with E-state index < -0.39 is 0 Å². The smallest absolute Gasteiger partial charge is 0.261 e. The van der Waals surface area contributed by atoms with Crippen molar-refractivity contribution >= 4 is 11.8 Å². The van der Waals surface area contributed by atoms with Gasteiger partial charge >= 0.3 is 0 Å². The van der Waals surface area contributed by atoms with Gasteiger partial charge in [-0.1, -0.05) is 19.9 Å². The van der Waals surface area contributed by atoms with Crippen LogP contribution in [0, 0.1) is 0 Å². The standard InChI is InChI=1S/C20H31N3O4/c1-5-21(6-2)11-10-18(24)22-12-14-23(15-13-22)20(25)19-16(26-3)8-7-9-17(19)27-4/h7-9H,5-6,10-15H2,1-4H3. The Kier molecular flexibility index (Phi) is 7.91. The summed E-state index contributed by atoms with van der Waals surface area (Å²) in [5.74, 6) is 1.03. The molecule has 150 valence electrons. The number of benzene rings is 1. The first-order chi connectivity index (χ1) is 13.0. The van der Waals surface area contributed by atoms with E-state index in [1.807, 2.05) is 4.90 Å². The quantitative estimate of drug-likeness (QED) is 0.690. The van der Waals surface area contributed by atoms with Crippen LogP contribution in [0.5, 0.6) is 11.5 Å². The lowest BCUT2D eigenvalue weighted by Crippen LogP contribution is -2.51. The van der Waals surface area contributed by atoms with E-state index in [9.17, 15) is 9.59 Å². The first-order valence-electron chi connectivity index (χ1n) is 9.56. The minimum absolute atomic E-state index is 0.125. The topological polar surface area (TPSA) is 62.3 Å². The van der Waals surface area contributed by atoms with Gasteiger partial charge in [0.25, 0.3) is 5.91 Å². The molecule has 0 aromatic heterocycles. The largest absolute Gasteiger partial charge is 0.496 e. The fourth-order valence-corrected chi connectivity index (χ4v) is 3.33. The summed E-state index contributed by atoms with van der Waals surface area (Å²) in [6, 6.07) is 5.30. The molecular formula is C20H31N3O4. The summed E-state index contributed by atoms with van der Waals surface area (Å²) in [6.45, 7) is 9.02. The highest BCUT2D eigenvalue weighted by molar-refractivity contribution is 5.99. The van der Waals surface area contributed by atoms with E-state index in [0.717, 1.165) is 19.6 Å². The minimum Gasteiger partial charge on any atom is -0.496 e. The molecule has 0 atom stereocenters. The van der Waals surface area contributed by atoms with Crippen molar-refractivity contribution in [2.75, 3.05) is 60.0 Å². The van der Waals surface area contributed by atoms with E-state index in [4.69, 9.17) is 9.47 Å². The molecule has 27 heavy (non-hydrogen) atoms. The van der Waals surface area contributed by atoms with Crippen molar-refractivity contribution in [1.82, 2.24) is 14.7 Å². The van der Waals surface area contributed by atoms with Crippen molar-refractivity contribution in [1.29, 1.82) is 0 Å². The van der Waals surface area contributed by atoms with Crippen LogP contribution in [0.3, 0.4) is 0 Å². The molecule has 1 aromatic carbocycles. The number of rotatable bonds is 8. The van der Waals surface area contributed by atoms with Crippen molar-refractivity contribution < 1.29 is 19.1 Å². The van der Waals surface area contributed by atoms with Gasteiger partial charge in [0.15, 0.2) is 0 Å². The van der Waals surface area contributed by atoms with Gasteiger partial charge < -0.3 is 24.2 Å². The molecule has 0 unspecified atom stereocenters. The summed E-state index contributed by atoms with van der Waals surface area (Å²) in [6.07, 6.45) is 0.524. The first-order valence-corrected chi connectivity index (χ1v) is 9.56. The van der Waals surface area contributed by atoms with Gasteiger partial charge in [-0.25, -0.2) is 0 Å². The van der Waals surface area contributed by atoms with Crippen LogP contribution < -0.4 is 9.47 Å². The van der Waals surface area contributed by atoms with Gasteiger partial charge in [-0.3, -0.25) is 9.59 Å². The van der Waals surface area contributed by atoms with E-state index in [1.165, 1.54) is 14.2 Å². The first kappa shape index (κ1) is 21.0. The SMILES string of the molecule is CCN(CC)CCC(=O)N1CCN(C(=O)c2c(OC)cccc2OC)CC1. The zero-order valence-corrected chi connectivity index (χ0v) is 16.9. The number of piperazine rings is 1. The van der Waals surface area contributed by atoms with E-state index in [1.54, 1.807) is 23.1 Å². The van der Waals surface area contributed by atoms with Gasteiger partial charge in [-0.05, 0) is 25.2 Å². The van der Waals surface area contributed by atoms with Gasteiger partial charge in [-0.15, -0.1) is 0 Å². The molecule has 1 heterocycles. The zero-order valence-electron chi connectivity index (χ0n) is 16.9. The van der Waals surface area contributed by atoms with Gasteiger partial charge in [-0.2, -0.15) is 0 Å². The Morgan fingerprint density at radius 3 is 1.96 bits per heavy atom. The van der Waals surface area contributed by atoms with Crippen molar-refractivity contribution in [3.63, 3.8) is 0 Å². The second kappa shape index (κ2) is 10.2. The van der Waals surface area contributed by atoms with Crippen LogP contribution >= 0.6 is 0 Å². The lowest BCUT2D eigenvalue weighted by Gasteiger charge is -2.35. The Labute approximate surface area is 161 Å². The molecule has 0 radical (unpaired) electrons. The highest BCUT2D eigenvalue weighted by atomic mass is 16.5. The molecule has 2 rings (SSSR count). The third-order valence-corrected chi connectivity index (χ3v) is 5.10. The Bertz CT molecular complexity index is 616. The summed E-state index contributed by atoms with van der Waals surface area (Å²) in [5.41, 5.74) is 0.434. The van der Waals surface area contributed by atoms with Crippen molar-refractivity contribution in [3.8, 4) is 11.5 Å². The van der Waals surface area contributed by atoms with Crippen LogP contribution in [-0.4, -0.2) is 86.5 Å².